The summed E-state index contributed by atoms with van der Waals surface area (Å²) in [5.41, 5.74) is 1.54. The van der Waals surface area contributed by atoms with E-state index >= 15 is 0 Å². The number of benzene rings is 1. The number of methoxy groups -OCH3 is 1. The number of halogens is 3. The number of fused-ring (bicyclic) bond motifs is 1. The van der Waals surface area contributed by atoms with E-state index in [-0.39, 0.29) is 11.6 Å². The fourth-order valence-electron chi connectivity index (χ4n) is 4.03. The fourth-order valence-corrected chi connectivity index (χ4v) is 4.03. The number of alkyl halides is 3. The van der Waals surface area contributed by atoms with Gasteiger partial charge in [-0.1, -0.05) is 18.2 Å². The van der Waals surface area contributed by atoms with Crippen LogP contribution >= 0.6 is 0 Å². The molecule has 154 valence electrons. The Morgan fingerprint density at radius 2 is 2.00 bits per heavy atom. The van der Waals surface area contributed by atoms with Crippen molar-refractivity contribution in [3.05, 3.63) is 59.0 Å². The molecule has 2 aromatic heterocycles. The van der Waals surface area contributed by atoms with E-state index in [9.17, 15) is 13.2 Å². The topological polar surface area (TPSA) is 42.7 Å². The van der Waals surface area contributed by atoms with Crippen molar-refractivity contribution in [3.8, 4) is 5.75 Å². The lowest BCUT2D eigenvalue weighted by Crippen LogP contribution is -2.34. The van der Waals surface area contributed by atoms with Crippen molar-refractivity contribution >= 4 is 5.65 Å². The second-order valence-corrected chi connectivity index (χ2v) is 7.51. The van der Waals surface area contributed by atoms with Gasteiger partial charge in [-0.05, 0) is 38.4 Å². The second-order valence-electron chi connectivity index (χ2n) is 7.51. The zero-order valence-electron chi connectivity index (χ0n) is 16.4. The van der Waals surface area contributed by atoms with Gasteiger partial charge < -0.3 is 4.74 Å². The molecule has 3 aromatic rings. The molecule has 1 fully saturated rings. The Balaban J connectivity index is 1.62. The molecule has 4 rings (SSSR count). The predicted molar refractivity (Wildman–Crippen MR) is 103 cm³/mol. The third kappa shape index (κ3) is 4.07. The molecule has 1 aromatic carbocycles. The summed E-state index contributed by atoms with van der Waals surface area (Å²) in [5.74, 6) is 0.767. The minimum Gasteiger partial charge on any atom is -0.496 e. The largest absolute Gasteiger partial charge is 0.496 e. The molecular formula is C21H23F3N4O. The van der Waals surface area contributed by atoms with Crippen LogP contribution in [0.3, 0.4) is 0 Å². The monoisotopic (exact) mass is 404 g/mol. The molecule has 1 atom stereocenters. The highest BCUT2D eigenvalue weighted by molar-refractivity contribution is 5.43. The van der Waals surface area contributed by atoms with Crippen LogP contribution in [0.15, 0.2) is 36.4 Å². The highest BCUT2D eigenvalue weighted by Gasteiger charge is 2.36. The second kappa shape index (κ2) is 7.67. The number of para-hydroxylation sites is 1. The fraction of sp³-hybridized carbons (Fsp3) is 0.429. The zero-order valence-corrected chi connectivity index (χ0v) is 16.4. The van der Waals surface area contributed by atoms with Crippen LogP contribution in [0.25, 0.3) is 5.65 Å². The molecule has 1 aliphatic heterocycles. The summed E-state index contributed by atoms with van der Waals surface area (Å²) in [6.07, 6.45) is -2.76. The molecule has 0 bridgehead atoms. The molecule has 0 spiro atoms. The molecule has 1 aliphatic rings. The van der Waals surface area contributed by atoms with Crippen LogP contribution in [-0.2, 0) is 12.7 Å². The summed E-state index contributed by atoms with van der Waals surface area (Å²) in [4.78, 5) is 6.77. The minimum atomic E-state index is -4.49. The van der Waals surface area contributed by atoms with Crippen LogP contribution in [0, 0.1) is 6.92 Å². The van der Waals surface area contributed by atoms with Gasteiger partial charge in [0.25, 0.3) is 0 Å². The van der Waals surface area contributed by atoms with Gasteiger partial charge in [0.2, 0.25) is 0 Å². The first kappa shape index (κ1) is 19.7. The first-order chi connectivity index (χ1) is 13.8. The molecule has 3 heterocycles. The Morgan fingerprint density at radius 3 is 2.76 bits per heavy atom. The van der Waals surface area contributed by atoms with Crippen LogP contribution in [0.4, 0.5) is 13.2 Å². The summed E-state index contributed by atoms with van der Waals surface area (Å²) >= 11 is 0. The Hall–Kier alpha value is -2.61. The lowest BCUT2D eigenvalue weighted by molar-refractivity contribution is -0.142. The molecule has 8 heteroatoms. The molecule has 1 saturated heterocycles. The van der Waals surface area contributed by atoms with Gasteiger partial charge >= 0.3 is 6.18 Å². The lowest BCUT2D eigenvalue weighted by Gasteiger charge is -2.33. The van der Waals surface area contributed by atoms with Crippen LogP contribution in [0.1, 0.15) is 41.4 Å². The van der Waals surface area contributed by atoms with Crippen LogP contribution in [0.5, 0.6) is 5.75 Å². The molecule has 0 saturated carbocycles. The summed E-state index contributed by atoms with van der Waals surface area (Å²) in [5, 5.41) is 3.97. The normalized spacial score (nSPS) is 18.3. The molecule has 0 N–H and O–H groups in total. The van der Waals surface area contributed by atoms with Gasteiger partial charge in [0.05, 0.1) is 12.8 Å². The molecule has 0 radical (unpaired) electrons. The first-order valence-corrected chi connectivity index (χ1v) is 9.64. The number of likely N-dealkylation sites (tertiary alicyclic amines) is 1. The van der Waals surface area contributed by atoms with Gasteiger partial charge in [0, 0.05) is 36.3 Å². The maximum atomic E-state index is 13.6. The summed E-state index contributed by atoms with van der Waals surface area (Å²) < 4.78 is 47.2. The van der Waals surface area contributed by atoms with E-state index in [4.69, 9.17) is 4.74 Å². The molecule has 29 heavy (non-hydrogen) atoms. The van der Waals surface area contributed by atoms with Crippen molar-refractivity contribution in [2.75, 3.05) is 20.2 Å². The lowest BCUT2D eigenvalue weighted by atomic mass is 9.93. The smallest absolute Gasteiger partial charge is 0.433 e. The minimum absolute atomic E-state index is 0.0558. The average molecular weight is 404 g/mol. The third-order valence-electron chi connectivity index (χ3n) is 5.37. The van der Waals surface area contributed by atoms with Crippen LogP contribution in [0.2, 0.25) is 0 Å². The maximum Gasteiger partial charge on any atom is 0.433 e. The van der Waals surface area contributed by atoms with Crippen molar-refractivity contribution in [2.45, 2.75) is 38.4 Å². The van der Waals surface area contributed by atoms with E-state index in [0.29, 0.717) is 24.5 Å². The number of rotatable bonds is 4. The molecular weight excluding hydrogens is 381 g/mol. The number of piperidine rings is 1. The Labute approximate surface area is 167 Å². The first-order valence-electron chi connectivity index (χ1n) is 9.64. The molecule has 5 nitrogen and oxygen atoms in total. The summed E-state index contributed by atoms with van der Waals surface area (Å²) in [6.45, 7) is 3.92. The van der Waals surface area contributed by atoms with E-state index < -0.39 is 11.9 Å². The van der Waals surface area contributed by atoms with E-state index in [1.165, 1.54) is 0 Å². The van der Waals surface area contributed by atoms with Gasteiger partial charge in [-0.25, -0.2) is 9.50 Å². The van der Waals surface area contributed by atoms with Crippen molar-refractivity contribution in [1.82, 2.24) is 19.5 Å². The van der Waals surface area contributed by atoms with Crippen molar-refractivity contribution in [3.63, 3.8) is 0 Å². The SMILES string of the molecule is COc1ccccc1CN1CCCC(c2cc(C(F)(F)F)n3nc(C)cc3n2)C1. The Morgan fingerprint density at radius 1 is 1.21 bits per heavy atom. The van der Waals surface area contributed by atoms with Gasteiger partial charge in [0.15, 0.2) is 5.65 Å². The Bertz CT molecular complexity index is 1010. The summed E-state index contributed by atoms with van der Waals surface area (Å²) in [6, 6.07) is 10.6. The third-order valence-corrected chi connectivity index (χ3v) is 5.37. The van der Waals surface area contributed by atoms with Crippen molar-refractivity contribution < 1.29 is 17.9 Å². The van der Waals surface area contributed by atoms with Gasteiger partial charge in [-0.2, -0.15) is 18.3 Å². The maximum absolute atomic E-state index is 13.6. The predicted octanol–water partition coefficient (Wildman–Crippen LogP) is 4.44. The average Bonchev–Trinajstić information content (AvgIpc) is 3.07. The number of ether oxygens (including phenoxy) is 1. The quantitative estimate of drug-likeness (QED) is 0.645. The number of aromatic nitrogens is 3. The number of hydrogen-bond acceptors (Lipinski definition) is 4. The van der Waals surface area contributed by atoms with E-state index in [1.807, 2.05) is 24.3 Å². The van der Waals surface area contributed by atoms with Crippen molar-refractivity contribution in [1.29, 1.82) is 0 Å². The highest BCUT2D eigenvalue weighted by Crippen LogP contribution is 2.34. The van der Waals surface area contributed by atoms with Gasteiger partial charge in [0.1, 0.15) is 11.4 Å². The Kier molecular flexibility index (Phi) is 5.21. The standard InChI is InChI=1S/C21H23F3N4O/c1-14-10-20-25-17(11-19(21(22,23)24)28(20)26-14)15-7-5-9-27(12-15)13-16-6-3-4-8-18(16)29-2/h3-4,6,8,10-11,15H,5,7,9,12-13H2,1-2H3. The van der Waals surface area contributed by atoms with E-state index in [1.54, 1.807) is 20.1 Å². The van der Waals surface area contributed by atoms with Gasteiger partial charge in [-0.3, -0.25) is 4.90 Å². The zero-order chi connectivity index (χ0) is 20.6. The van der Waals surface area contributed by atoms with E-state index in [2.05, 4.69) is 15.0 Å². The molecule has 0 amide bonds. The highest BCUT2D eigenvalue weighted by atomic mass is 19.4. The molecule has 1 unspecified atom stereocenters. The van der Waals surface area contributed by atoms with Crippen LogP contribution in [-0.4, -0.2) is 39.7 Å². The summed E-state index contributed by atoms with van der Waals surface area (Å²) in [7, 11) is 1.64. The van der Waals surface area contributed by atoms with Crippen molar-refractivity contribution in [2.24, 2.45) is 0 Å². The van der Waals surface area contributed by atoms with Crippen LogP contribution < -0.4 is 4.74 Å². The number of hydrogen-bond donors (Lipinski definition) is 0. The number of nitrogens with zero attached hydrogens (tertiary/aromatic N) is 4. The molecule has 0 aliphatic carbocycles. The van der Waals surface area contributed by atoms with E-state index in [0.717, 1.165) is 41.3 Å². The van der Waals surface area contributed by atoms with Gasteiger partial charge in [-0.15, -0.1) is 0 Å². The number of aryl methyl sites for hydroxylation is 1.